The number of nitrogens with zero attached hydrogens (tertiary/aromatic N) is 2. The Bertz CT molecular complexity index is 443. The molecule has 1 unspecified atom stereocenters. The number of nitro groups is 1. The maximum absolute atomic E-state index is 10.6. The van der Waals surface area contributed by atoms with Gasteiger partial charge in [-0.2, -0.15) is 0 Å². The zero-order valence-corrected chi connectivity index (χ0v) is 10.1. The second-order valence-corrected chi connectivity index (χ2v) is 3.61. The second-order valence-electron chi connectivity index (χ2n) is 3.61. The molecule has 18 heavy (non-hydrogen) atoms. The maximum Gasteiger partial charge on any atom is 0.302 e. The van der Waals surface area contributed by atoms with E-state index in [1.807, 2.05) is 30.3 Å². The number of hydrogen-bond acceptors (Lipinski definition) is 5. The molecule has 0 fully saturated rings. The molecule has 0 radical (unpaired) electrons. The fraction of sp³-hybridized carbons (Fsp3) is 0.250. The molecule has 1 atom stereocenters. The molecule has 0 aliphatic carbocycles. The highest BCUT2D eigenvalue weighted by Gasteiger charge is 2.10. The van der Waals surface area contributed by atoms with Gasteiger partial charge in [-0.25, -0.2) is 0 Å². The van der Waals surface area contributed by atoms with Crippen LogP contribution in [0.4, 0.5) is 0 Å². The summed E-state index contributed by atoms with van der Waals surface area (Å²) in [5.41, 5.74) is 5.93. The van der Waals surface area contributed by atoms with Crippen molar-refractivity contribution in [1.82, 2.24) is 5.32 Å². The molecule has 1 aromatic rings. The normalized spacial score (nSPS) is 13.7. The largest absolute Gasteiger partial charge is 0.399 e. The molecule has 1 aromatic carbocycles. The van der Waals surface area contributed by atoms with Crippen molar-refractivity contribution < 1.29 is 4.92 Å². The number of benzene rings is 1. The molecule has 0 amide bonds. The number of nitrogens with two attached hydrogens (primary N) is 1. The molecule has 0 saturated heterocycles. The van der Waals surface area contributed by atoms with Gasteiger partial charge < -0.3 is 11.1 Å². The van der Waals surface area contributed by atoms with Crippen LogP contribution in [0.5, 0.6) is 0 Å². The Morgan fingerprint density at radius 3 is 2.72 bits per heavy atom. The van der Waals surface area contributed by atoms with Gasteiger partial charge in [-0.1, -0.05) is 30.3 Å². The van der Waals surface area contributed by atoms with Crippen LogP contribution < -0.4 is 11.1 Å². The van der Waals surface area contributed by atoms with E-state index in [2.05, 4.69) is 10.3 Å². The Labute approximate surface area is 105 Å². The SMILES string of the molecule is CNCC(N=C/C(=C\N)[N+](=O)[O-])c1ccccc1. The summed E-state index contributed by atoms with van der Waals surface area (Å²) < 4.78 is 0. The first-order valence-electron chi connectivity index (χ1n) is 5.48. The van der Waals surface area contributed by atoms with Crippen LogP contribution in [0.25, 0.3) is 0 Å². The maximum atomic E-state index is 10.6. The first-order valence-corrected chi connectivity index (χ1v) is 5.48. The zero-order chi connectivity index (χ0) is 13.4. The van der Waals surface area contributed by atoms with Crippen molar-refractivity contribution in [2.75, 3.05) is 13.6 Å². The third-order valence-corrected chi connectivity index (χ3v) is 2.35. The van der Waals surface area contributed by atoms with E-state index in [0.717, 1.165) is 11.8 Å². The van der Waals surface area contributed by atoms with E-state index in [4.69, 9.17) is 5.73 Å². The van der Waals surface area contributed by atoms with Gasteiger partial charge in [0.05, 0.1) is 17.2 Å². The lowest BCUT2D eigenvalue weighted by Gasteiger charge is -2.11. The summed E-state index contributed by atoms with van der Waals surface area (Å²) >= 11 is 0. The molecule has 6 nitrogen and oxygen atoms in total. The van der Waals surface area contributed by atoms with Gasteiger partial charge in [0.2, 0.25) is 0 Å². The number of aliphatic imine (C=N–C) groups is 1. The van der Waals surface area contributed by atoms with Gasteiger partial charge in [-0.05, 0) is 12.6 Å². The van der Waals surface area contributed by atoms with E-state index in [-0.39, 0.29) is 11.7 Å². The quantitative estimate of drug-likeness (QED) is 0.447. The van der Waals surface area contributed by atoms with Crippen molar-refractivity contribution >= 4 is 6.21 Å². The Morgan fingerprint density at radius 2 is 2.22 bits per heavy atom. The van der Waals surface area contributed by atoms with Crippen LogP contribution in [-0.2, 0) is 0 Å². The summed E-state index contributed by atoms with van der Waals surface area (Å²) in [4.78, 5) is 14.2. The fourth-order valence-electron chi connectivity index (χ4n) is 1.44. The van der Waals surface area contributed by atoms with Crippen molar-refractivity contribution in [3.05, 3.63) is 57.9 Å². The lowest BCUT2D eigenvalue weighted by atomic mass is 10.1. The summed E-state index contributed by atoms with van der Waals surface area (Å²) in [5, 5.41) is 13.6. The van der Waals surface area contributed by atoms with E-state index >= 15 is 0 Å². The average Bonchev–Trinajstić information content (AvgIpc) is 2.39. The molecule has 3 N–H and O–H groups in total. The van der Waals surface area contributed by atoms with E-state index in [1.54, 1.807) is 7.05 Å². The predicted molar refractivity (Wildman–Crippen MR) is 70.9 cm³/mol. The van der Waals surface area contributed by atoms with Crippen molar-refractivity contribution in [2.45, 2.75) is 6.04 Å². The molecular weight excluding hydrogens is 232 g/mol. The van der Waals surface area contributed by atoms with E-state index in [9.17, 15) is 10.1 Å². The predicted octanol–water partition coefficient (Wildman–Crippen LogP) is 1.09. The van der Waals surface area contributed by atoms with Crippen LogP contribution in [0, 0.1) is 10.1 Å². The first kappa shape index (κ1) is 13.9. The molecular formula is C12H16N4O2. The van der Waals surface area contributed by atoms with Crippen LogP contribution in [0.15, 0.2) is 47.2 Å². The highest BCUT2D eigenvalue weighted by molar-refractivity contribution is 5.75. The van der Waals surface area contributed by atoms with E-state index in [1.165, 1.54) is 6.21 Å². The molecule has 0 heterocycles. The van der Waals surface area contributed by atoms with Crippen LogP contribution >= 0.6 is 0 Å². The fourth-order valence-corrected chi connectivity index (χ4v) is 1.44. The van der Waals surface area contributed by atoms with Crippen LogP contribution in [0.2, 0.25) is 0 Å². The smallest absolute Gasteiger partial charge is 0.302 e. The molecule has 0 saturated carbocycles. The van der Waals surface area contributed by atoms with Gasteiger partial charge in [-0.15, -0.1) is 0 Å². The highest BCUT2D eigenvalue weighted by atomic mass is 16.6. The molecule has 0 aromatic heterocycles. The molecule has 0 aliphatic heterocycles. The third-order valence-electron chi connectivity index (χ3n) is 2.35. The Balaban J connectivity index is 2.88. The standard InChI is InChI=1S/C12H16N4O2/c1-14-9-12(10-5-3-2-4-6-10)15-8-11(7-13)16(17)18/h2-8,12,14H,9,13H2,1H3/b11-7+,15-8?. The van der Waals surface area contributed by atoms with Gasteiger partial charge in [0.1, 0.15) is 6.21 Å². The Morgan fingerprint density at radius 1 is 1.56 bits per heavy atom. The van der Waals surface area contributed by atoms with E-state index in [0.29, 0.717) is 6.54 Å². The number of rotatable bonds is 6. The number of hydrogen-bond donors (Lipinski definition) is 2. The van der Waals surface area contributed by atoms with Crippen molar-refractivity contribution in [1.29, 1.82) is 0 Å². The minimum atomic E-state index is -0.565. The molecule has 0 spiro atoms. The second kappa shape index (κ2) is 7.18. The lowest BCUT2D eigenvalue weighted by Crippen LogP contribution is -2.16. The topological polar surface area (TPSA) is 93.5 Å². The van der Waals surface area contributed by atoms with Crippen LogP contribution in [-0.4, -0.2) is 24.7 Å². The van der Waals surface area contributed by atoms with Crippen molar-refractivity contribution in [3.63, 3.8) is 0 Å². The summed E-state index contributed by atoms with van der Waals surface area (Å²) in [6.07, 6.45) is 2.12. The van der Waals surface area contributed by atoms with Crippen molar-refractivity contribution in [2.24, 2.45) is 10.7 Å². The van der Waals surface area contributed by atoms with Gasteiger partial charge in [0.25, 0.3) is 0 Å². The third kappa shape index (κ3) is 3.99. The highest BCUT2D eigenvalue weighted by Crippen LogP contribution is 2.15. The average molecular weight is 248 g/mol. The zero-order valence-electron chi connectivity index (χ0n) is 10.1. The summed E-state index contributed by atoms with van der Waals surface area (Å²) in [5.74, 6) is 0. The van der Waals surface area contributed by atoms with E-state index < -0.39 is 4.92 Å². The molecule has 0 aliphatic rings. The van der Waals surface area contributed by atoms with Gasteiger partial charge in [-0.3, -0.25) is 15.1 Å². The van der Waals surface area contributed by atoms with Crippen molar-refractivity contribution in [3.8, 4) is 0 Å². The molecule has 96 valence electrons. The lowest BCUT2D eigenvalue weighted by molar-refractivity contribution is -0.414. The van der Waals surface area contributed by atoms with Crippen LogP contribution in [0.3, 0.4) is 0 Å². The Hall–Kier alpha value is -2.21. The van der Waals surface area contributed by atoms with Gasteiger partial charge >= 0.3 is 5.70 Å². The Kier molecular flexibility index (Phi) is 5.53. The first-order chi connectivity index (χ1) is 8.69. The van der Waals surface area contributed by atoms with Gasteiger partial charge in [0.15, 0.2) is 0 Å². The summed E-state index contributed by atoms with van der Waals surface area (Å²) in [7, 11) is 1.80. The number of likely N-dealkylation sites (N-methyl/N-ethyl adjacent to an activating group) is 1. The minimum Gasteiger partial charge on any atom is -0.399 e. The molecule has 0 bridgehead atoms. The molecule has 1 rings (SSSR count). The van der Waals surface area contributed by atoms with Crippen LogP contribution in [0.1, 0.15) is 11.6 Å². The summed E-state index contributed by atoms with van der Waals surface area (Å²) in [6, 6.07) is 9.40. The monoisotopic (exact) mass is 248 g/mol. The van der Waals surface area contributed by atoms with Gasteiger partial charge in [0, 0.05) is 6.54 Å². The number of allylic oxidation sites excluding steroid dienone is 1. The minimum absolute atomic E-state index is 0.175. The number of nitrogens with one attached hydrogen (secondary N) is 1. The molecule has 6 heteroatoms. The summed E-state index contributed by atoms with van der Waals surface area (Å²) in [6.45, 7) is 0.593.